The van der Waals surface area contributed by atoms with Crippen molar-refractivity contribution >= 4 is 5.91 Å². The molecule has 0 spiro atoms. The summed E-state index contributed by atoms with van der Waals surface area (Å²) >= 11 is 0. The maximum atomic E-state index is 10.9. The molecule has 0 saturated heterocycles. The molecule has 0 rings (SSSR count). The molecule has 0 saturated carbocycles. The molecule has 0 unspecified atom stereocenters. The molecule has 0 aliphatic heterocycles. The van der Waals surface area contributed by atoms with Crippen LogP contribution in [0.5, 0.6) is 0 Å². The molecule has 0 fully saturated rings. The highest BCUT2D eigenvalue weighted by atomic mass is 16.3. The van der Waals surface area contributed by atoms with Crippen molar-refractivity contribution in [2.75, 3.05) is 20.2 Å². The van der Waals surface area contributed by atoms with Gasteiger partial charge in [0.25, 0.3) is 0 Å². The highest BCUT2D eigenvalue weighted by molar-refractivity contribution is 5.78. The number of nitrogens with one attached hydrogen (secondary N) is 2. The van der Waals surface area contributed by atoms with Gasteiger partial charge in [-0.25, -0.2) is 0 Å². The summed E-state index contributed by atoms with van der Waals surface area (Å²) in [6.45, 7) is 2.23. The van der Waals surface area contributed by atoms with Gasteiger partial charge in [-0.1, -0.05) is 6.92 Å². The Labute approximate surface area is 67.0 Å². The Hall–Kier alpha value is -0.610. The van der Waals surface area contributed by atoms with E-state index < -0.39 is 0 Å². The van der Waals surface area contributed by atoms with E-state index in [2.05, 4.69) is 10.6 Å². The van der Waals surface area contributed by atoms with E-state index in [1.54, 1.807) is 7.05 Å². The van der Waals surface area contributed by atoms with Crippen molar-refractivity contribution in [1.82, 2.24) is 10.6 Å². The molecule has 11 heavy (non-hydrogen) atoms. The van der Waals surface area contributed by atoms with Crippen LogP contribution < -0.4 is 10.6 Å². The molecular formula is C7H16N2O2. The van der Waals surface area contributed by atoms with Crippen molar-refractivity contribution in [3.8, 4) is 0 Å². The molecule has 1 amide bonds. The number of rotatable bonds is 5. The first-order valence-electron chi connectivity index (χ1n) is 3.79. The summed E-state index contributed by atoms with van der Waals surface area (Å²) in [4.78, 5) is 10.9. The van der Waals surface area contributed by atoms with Gasteiger partial charge in [-0.3, -0.25) is 4.79 Å². The van der Waals surface area contributed by atoms with Gasteiger partial charge in [0.05, 0.1) is 19.2 Å². The summed E-state index contributed by atoms with van der Waals surface area (Å²) in [6, 6.07) is -0.101. The molecule has 0 heterocycles. The fraction of sp³-hybridized carbons (Fsp3) is 0.857. The van der Waals surface area contributed by atoms with Crippen molar-refractivity contribution in [1.29, 1.82) is 0 Å². The van der Waals surface area contributed by atoms with Gasteiger partial charge in [-0.05, 0) is 13.5 Å². The van der Waals surface area contributed by atoms with Crippen LogP contribution in [0.1, 0.15) is 13.3 Å². The largest absolute Gasteiger partial charge is 0.394 e. The third kappa shape index (κ3) is 4.75. The molecular weight excluding hydrogens is 144 g/mol. The summed E-state index contributed by atoms with van der Waals surface area (Å²) in [5.41, 5.74) is 0. The highest BCUT2D eigenvalue weighted by Gasteiger charge is 2.06. The summed E-state index contributed by atoms with van der Waals surface area (Å²) in [5, 5.41) is 14.1. The van der Waals surface area contributed by atoms with E-state index in [1.807, 2.05) is 6.92 Å². The van der Waals surface area contributed by atoms with E-state index in [0.29, 0.717) is 6.54 Å². The molecule has 0 bridgehead atoms. The van der Waals surface area contributed by atoms with E-state index in [0.717, 1.165) is 6.42 Å². The second-order valence-corrected chi connectivity index (χ2v) is 2.39. The number of aliphatic hydroxyl groups is 1. The predicted molar refractivity (Wildman–Crippen MR) is 43.2 cm³/mol. The zero-order valence-corrected chi connectivity index (χ0v) is 7.05. The molecule has 3 N–H and O–H groups in total. The van der Waals surface area contributed by atoms with Crippen LogP contribution >= 0.6 is 0 Å². The van der Waals surface area contributed by atoms with Crippen LogP contribution in [0.4, 0.5) is 0 Å². The smallest absolute Gasteiger partial charge is 0.234 e. The predicted octanol–water partition coefficient (Wildman–Crippen LogP) is -0.907. The lowest BCUT2D eigenvalue weighted by Gasteiger charge is -2.13. The van der Waals surface area contributed by atoms with Crippen LogP contribution in [0.2, 0.25) is 0 Å². The maximum absolute atomic E-state index is 10.9. The molecule has 1 atom stereocenters. The van der Waals surface area contributed by atoms with Gasteiger partial charge in [-0.2, -0.15) is 0 Å². The van der Waals surface area contributed by atoms with Crippen molar-refractivity contribution < 1.29 is 9.90 Å². The first kappa shape index (κ1) is 10.4. The summed E-state index contributed by atoms with van der Waals surface area (Å²) in [5.74, 6) is -0.0756. The van der Waals surface area contributed by atoms with Crippen LogP contribution in [0.25, 0.3) is 0 Å². The minimum atomic E-state index is -0.101. The van der Waals surface area contributed by atoms with Gasteiger partial charge in [0.1, 0.15) is 0 Å². The summed E-state index contributed by atoms with van der Waals surface area (Å²) in [6.07, 6.45) is 0.756. The van der Waals surface area contributed by atoms with E-state index in [4.69, 9.17) is 5.11 Å². The zero-order chi connectivity index (χ0) is 8.69. The van der Waals surface area contributed by atoms with Crippen LogP contribution in [-0.4, -0.2) is 37.3 Å². The van der Waals surface area contributed by atoms with Crippen LogP contribution in [0, 0.1) is 0 Å². The first-order valence-corrected chi connectivity index (χ1v) is 3.79. The molecule has 0 aromatic carbocycles. The van der Waals surface area contributed by atoms with Gasteiger partial charge >= 0.3 is 0 Å². The highest BCUT2D eigenvalue weighted by Crippen LogP contribution is 1.87. The van der Waals surface area contributed by atoms with Crippen molar-refractivity contribution in [2.45, 2.75) is 19.4 Å². The minimum absolute atomic E-state index is 0.00591. The first-order chi connectivity index (χ1) is 5.24. The Kier molecular flexibility index (Phi) is 5.78. The Morgan fingerprint density at radius 1 is 1.64 bits per heavy atom. The Balaban J connectivity index is 3.54. The van der Waals surface area contributed by atoms with Crippen molar-refractivity contribution in [3.63, 3.8) is 0 Å². The molecule has 66 valence electrons. The van der Waals surface area contributed by atoms with Crippen LogP contribution in [0.15, 0.2) is 0 Å². The Morgan fingerprint density at radius 2 is 2.27 bits per heavy atom. The second kappa shape index (κ2) is 6.12. The van der Waals surface area contributed by atoms with E-state index >= 15 is 0 Å². The summed E-state index contributed by atoms with van der Waals surface area (Å²) < 4.78 is 0. The zero-order valence-electron chi connectivity index (χ0n) is 7.05. The van der Waals surface area contributed by atoms with Gasteiger partial charge < -0.3 is 15.7 Å². The maximum Gasteiger partial charge on any atom is 0.234 e. The van der Waals surface area contributed by atoms with Crippen molar-refractivity contribution in [3.05, 3.63) is 0 Å². The molecule has 0 aliphatic carbocycles. The second-order valence-electron chi connectivity index (χ2n) is 2.39. The molecule has 0 aliphatic rings. The van der Waals surface area contributed by atoms with Gasteiger partial charge in [0, 0.05) is 0 Å². The van der Waals surface area contributed by atoms with E-state index in [1.165, 1.54) is 0 Å². The number of amides is 1. The van der Waals surface area contributed by atoms with Gasteiger partial charge in [0.2, 0.25) is 5.91 Å². The fourth-order valence-corrected chi connectivity index (χ4v) is 0.716. The lowest BCUT2D eigenvalue weighted by atomic mass is 10.2. The molecule has 0 radical (unpaired) electrons. The molecule has 4 nitrogen and oxygen atoms in total. The van der Waals surface area contributed by atoms with Gasteiger partial charge in [0.15, 0.2) is 0 Å². The molecule has 0 aromatic heterocycles. The number of carbonyl (C=O) groups is 1. The Bertz CT molecular complexity index is 113. The third-order valence-electron chi connectivity index (χ3n) is 1.42. The van der Waals surface area contributed by atoms with Gasteiger partial charge in [-0.15, -0.1) is 0 Å². The number of carbonyl (C=O) groups excluding carboxylic acids is 1. The standard InChI is InChI=1S/C7H16N2O2/c1-3-6(5-10)9-7(11)4-8-2/h6,8,10H,3-5H2,1-2H3,(H,9,11)/t6-/m1/s1. The Morgan fingerprint density at radius 3 is 2.64 bits per heavy atom. The summed E-state index contributed by atoms with van der Waals surface area (Å²) in [7, 11) is 1.71. The normalized spacial score (nSPS) is 12.6. The van der Waals surface area contributed by atoms with Crippen molar-refractivity contribution in [2.24, 2.45) is 0 Å². The van der Waals surface area contributed by atoms with Crippen LogP contribution in [-0.2, 0) is 4.79 Å². The number of hydrogen-bond donors (Lipinski definition) is 3. The minimum Gasteiger partial charge on any atom is -0.394 e. The molecule has 0 aromatic rings. The lowest BCUT2D eigenvalue weighted by Crippen LogP contribution is -2.41. The monoisotopic (exact) mass is 160 g/mol. The number of aliphatic hydroxyl groups excluding tert-OH is 1. The average Bonchev–Trinajstić information content (AvgIpc) is 2.01. The number of hydrogen-bond acceptors (Lipinski definition) is 3. The quantitative estimate of drug-likeness (QED) is 0.488. The topological polar surface area (TPSA) is 61.4 Å². The average molecular weight is 160 g/mol. The lowest BCUT2D eigenvalue weighted by molar-refractivity contribution is -0.121. The third-order valence-corrected chi connectivity index (χ3v) is 1.42. The van der Waals surface area contributed by atoms with Crippen LogP contribution in [0.3, 0.4) is 0 Å². The SMILES string of the molecule is CC[C@H](CO)NC(=O)CNC. The molecule has 4 heteroatoms. The number of likely N-dealkylation sites (N-methyl/N-ethyl adjacent to an activating group) is 1. The van der Waals surface area contributed by atoms with E-state index in [-0.39, 0.29) is 18.6 Å². The fourth-order valence-electron chi connectivity index (χ4n) is 0.716. The van der Waals surface area contributed by atoms with E-state index in [9.17, 15) is 4.79 Å².